The summed E-state index contributed by atoms with van der Waals surface area (Å²) in [6.07, 6.45) is 1.83. The first kappa shape index (κ1) is 80.7. The van der Waals surface area contributed by atoms with Crippen LogP contribution in [0.25, 0.3) is 0 Å². The second-order valence-corrected chi connectivity index (χ2v) is 18.9. The normalized spacial score (nSPS) is 11.5. The van der Waals surface area contributed by atoms with Crippen molar-refractivity contribution in [1.29, 1.82) is 0 Å². The van der Waals surface area contributed by atoms with Gasteiger partial charge in [-0.3, -0.25) is 38.4 Å². The molecular weight excluding hydrogens is 1130 g/mol. The molecule has 2 amide bonds. The van der Waals surface area contributed by atoms with Crippen molar-refractivity contribution in [3.63, 3.8) is 0 Å². The maximum atomic E-state index is 12.8. The molecule has 0 saturated carbocycles. The van der Waals surface area contributed by atoms with E-state index >= 15 is 0 Å². The van der Waals surface area contributed by atoms with E-state index in [0.29, 0.717) is 112 Å². The lowest BCUT2D eigenvalue weighted by molar-refractivity contribution is -0.139. The molecule has 0 spiro atoms. The number of Topliss-reactive ketones (excluding diaryl/α,β-unsaturated/α-hetero) is 3. The van der Waals surface area contributed by atoms with E-state index in [0.717, 1.165) is 0 Å². The van der Waals surface area contributed by atoms with Crippen LogP contribution in [0, 0.1) is 5.41 Å². The van der Waals surface area contributed by atoms with Crippen molar-refractivity contribution >= 4 is 47.1 Å². The molecule has 0 aromatic carbocycles. The van der Waals surface area contributed by atoms with Gasteiger partial charge in [0.25, 0.3) is 0 Å². The second-order valence-electron chi connectivity index (χ2n) is 18.9. The van der Waals surface area contributed by atoms with E-state index in [1.807, 2.05) is 0 Å². The summed E-state index contributed by atoms with van der Waals surface area (Å²) >= 11 is 0. The number of hydrogen-bond donors (Lipinski definition) is 5. The number of hydrogen-bond acceptors (Lipinski definition) is 24. The van der Waals surface area contributed by atoms with Gasteiger partial charge in [-0.05, 0) is 19.8 Å². The number of ketones is 3. The zero-order valence-electron chi connectivity index (χ0n) is 50.2. The highest BCUT2D eigenvalue weighted by Crippen LogP contribution is 2.22. The molecule has 0 heterocycles. The van der Waals surface area contributed by atoms with E-state index < -0.39 is 23.3 Å². The van der Waals surface area contributed by atoms with E-state index in [2.05, 4.69) is 10.6 Å². The largest absolute Gasteiger partial charge is 0.481 e. The first-order chi connectivity index (χ1) is 41.2. The van der Waals surface area contributed by atoms with Gasteiger partial charge in [-0.15, -0.1) is 0 Å². The van der Waals surface area contributed by atoms with Gasteiger partial charge in [0.05, 0.1) is 223 Å². The summed E-state index contributed by atoms with van der Waals surface area (Å²) in [5.74, 6) is -3.41. The molecule has 0 bridgehead atoms. The first-order valence-corrected chi connectivity index (χ1v) is 29.2. The Kier molecular flexibility index (Phi) is 58.3. The number of amides is 2. The summed E-state index contributed by atoms with van der Waals surface area (Å²) in [6.45, 7) is 8.80. The molecule has 29 nitrogen and oxygen atoms in total. The number of ether oxygens (including phenoxy) is 16. The predicted octanol–water partition coefficient (Wildman–Crippen LogP) is 1.13. The molecule has 0 aromatic rings. The fraction of sp³-hybridized carbons (Fsp3) is 0.857. The quantitative estimate of drug-likeness (QED) is 0.0533. The number of carbonyl (C=O) groups excluding carboxylic acids is 5. The molecule has 0 rings (SSSR count). The molecule has 0 saturated heterocycles. The van der Waals surface area contributed by atoms with Gasteiger partial charge in [0.15, 0.2) is 0 Å². The smallest absolute Gasteiger partial charge is 0.305 e. The van der Waals surface area contributed by atoms with Gasteiger partial charge in [-0.2, -0.15) is 0 Å². The van der Waals surface area contributed by atoms with Crippen molar-refractivity contribution in [2.45, 2.75) is 84.0 Å². The molecule has 496 valence electrons. The minimum Gasteiger partial charge on any atom is -0.481 e. The fourth-order valence-corrected chi connectivity index (χ4v) is 6.66. The number of rotatable bonds is 70. The summed E-state index contributed by atoms with van der Waals surface area (Å²) in [4.78, 5) is 93.8. The van der Waals surface area contributed by atoms with Gasteiger partial charge in [-0.25, -0.2) is 0 Å². The molecule has 0 fully saturated rings. The number of nitrogens with one attached hydrogen (secondary N) is 2. The Bertz CT molecular complexity index is 1440. The van der Waals surface area contributed by atoms with Crippen LogP contribution in [-0.4, -0.2) is 287 Å². The van der Waals surface area contributed by atoms with Crippen molar-refractivity contribution in [2.24, 2.45) is 5.41 Å². The Labute approximate surface area is 499 Å². The van der Waals surface area contributed by atoms with Crippen molar-refractivity contribution < 1.29 is 129 Å². The summed E-state index contributed by atoms with van der Waals surface area (Å²) in [5, 5.41) is 31.5. The van der Waals surface area contributed by atoms with Crippen LogP contribution in [0.15, 0.2) is 0 Å². The number of carboxylic acids is 3. The Morgan fingerprint density at radius 1 is 0.271 bits per heavy atom. The molecule has 0 atom stereocenters. The minimum atomic E-state index is -1.02. The predicted molar refractivity (Wildman–Crippen MR) is 301 cm³/mol. The Balaban J connectivity index is 5.38. The molecule has 29 heteroatoms. The Hall–Kier alpha value is -4.28. The molecule has 0 aromatic heterocycles. The zero-order valence-corrected chi connectivity index (χ0v) is 50.2. The van der Waals surface area contributed by atoms with Gasteiger partial charge in [-0.1, -0.05) is 0 Å². The average molecular weight is 1230 g/mol. The lowest BCUT2D eigenvalue weighted by atomic mass is 9.92. The standard InChI is InChI=1S/C56H100N2O27/c1-48(59)6-18-72-30-38-80-42-34-76-26-14-57-51(62)9-21-84-46-56(44-82-19-7-49(60)4-2-16-70-28-36-78-39-31-73-23-11-53(64)65,45-83-20-8-50(61)5-3-17-71-29-37-79-40-32-74-24-12-54(66)67)47-85-22-10-52(63)58-15-27-77-35-43-81-41-33-75-25-13-55(68)69/h2-47H2,1H3,(H,57,62)(H,58,63)(H,64,65)(H,66,67)(H,68,69). The lowest BCUT2D eigenvalue weighted by Gasteiger charge is -2.33. The van der Waals surface area contributed by atoms with E-state index in [1.165, 1.54) is 6.92 Å². The van der Waals surface area contributed by atoms with Gasteiger partial charge in [0, 0.05) is 71.2 Å². The second kappa shape index (κ2) is 61.4. The molecule has 0 aliphatic heterocycles. The average Bonchev–Trinajstić information content (AvgIpc) is 3.46. The van der Waals surface area contributed by atoms with E-state index in [9.17, 15) is 38.4 Å². The van der Waals surface area contributed by atoms with Gasteiger partial charge in [0.1, 0.15) is 17.3 Å². The molecule has 5 N–H and O–H groups in total. The van der Waals surface area contributed by atoms with Crippen LogP contribution < -0.4 is 10.6 Å². The lowest BCUT2D eigenvalue weighted by Crippen LogP contribution is -2.42. The van der Waals surface area contributed by atoms with Crippen LogP contribution in [0.2, 0.25) is 0 Å². The number of carboxylic acid groups (broad SMARTS) is 3. The zero-order chi connectivity index (χ0) is 62.4. The maximum Gasteiger partial charge on any atom is 0.305 e. The van der Waals surface area contributed by atoms with Gasteiger partial charge < -0.3 is 102 Å². The topological polar surface area (TPSA) is 369 Å². The van der Waals surface area contributed by atoms with E-state index in [4.69, 9.17) is 91.1 Å². The molecule has 85 heavy (non-hydrogen) atoms. The van der Waals surface area contributed by atoms with Crippen LogP contribution in [0.1, 0.15) is 84.0 Å². The van der Waals surface area contributed by atoms with Crippen LogP contribution in [0.4, 0.5) is 0 Å². The van der Waals surface area contributed by atoms with E-state index in [-0.39, 0.29) is 219 Å². The Morgan fingerprint density at radius 3 is 0.788 bits per heavy atom. The van der Waals surface area contributed by atoms with Crippen molar-refractivity contribution in [3.05, 3.63) is 0 Å². The van der Waals surface area contributed by atoms with Crippen LogP contribution in [0.3, 0.4) is 0 Å². The summed E-state index contributed by atoms with van der Waals surface area (Å²) in [7, 11) is 0. The monoisotopic (exact) mass is 1230 g/mol. The van der Waals surface area contributed by atoms with Gasteiger partial charge >= 0.3 is 17.9 Å². The van der Waals surface area contributed by atoms with E-state index in [1.54, 1.807) is 0 Å². The van der Waals surface area contributed by atoms with Crippen molar-refractivity contribution in [3.8, 4) is 0 Å². The van der Waals surface area contributed by atoms with Crippen molar-refractivity contribution in [2.75, 3.05) is 225 Å². The third-order valence-electron chi connectivity index (χ3n) is 11.2. The molecular formula is C56H100N2O27. The van der Waals surface area contributed by atoms with Crippen molar-refractivity contribution in [1.82, 2.24) is 10.6 Å². The number of aliphatic carboxylic acids is 3. The highest BCUT2D eigenvalue weighted by Gasteiger charge is 2.33. The maximum absolute atomic E-state index is 12.8. The number of carbonyl (C=O) groups is 8. The molecule has 0 aliphatic rings. The van der Waals surface area contributed by atoms with Crippen LogP contribution in [0.5, 0.6) is 0 Å². The van der Waals surface area contributed by atoms with Crippen LogP contribution in [-0.2, 0) is 114 Å². The highest BCUT2D eigenvalue weighted by molar-refractivity contribution is 5.79. The first-order valence-electron chi connectivity index (χ1n) is 29.2. The third kappa shape index (κ3) is 62.6. The third-order valence-corrected chi connectivity index (χ3v) is 11.2. The summed E-state index contributed by atoms with van der Waals surface area (Å²) < 4.78 is 89.0. The SMILES string of the molecule is CC(=O)CCOCCOCCOCCNC(=O)CCOCC(COCCC(=O)CCCOCCOCCOCCC(=O)O)(COCCC(=O)CCCOCCOCCOCCC(=O)O)COCCC(=O)NCCOCCOCCOCCC(=O)O. The Morgan fingerprint density at radius 2 is 0.506 bits per heavy atom. The molecule has 0 unspecified atom stereocenters. The van der Waals surface area contributed by atoms with Gasteiger partial charge in [0.2, 0.25) is 11.8 Å². The highest BCUT2D eigenvalue weighted by atomic mass is 16.6. The molecule has 0 aliphatic carbocycles. The minimum absolute atomic E-state index is 0.00542. The summed E-state index contributed by atoms with van der Waals surface area (Å²) in [6, 6.07) is 0. The van der Waals surface area contributed by atoms with Crippen LogP contribution >= 0.6 is 0 Å². The fourth-order valence-electron chi connectivity index (χ4n) is 6.66. The summed E-state index contributed by atoms with van der Waals surface area (Å²) in [5.41, 5.74) is -1.02. The molecule has 0 radical (unpaired) electrons.